The van der Waals surface area contributed by atoms with Crippen molar-refractivity contribution in [3.63, 3.8) is 0 Å². The Morgan fingerprint density at radius 3 is 2.40 bits per heavy atom. The lowest BCUT2D eigenvalue weighted by molar-refractivity contribution is -0.131. The number of rotatable bonds is 11. The first-order valence-electron chi connectivity index (χ1n) is 8.46. The number of hydrogen-bond donors (Lipinski definition) is 4. The van der Waals surface area contributed by atoms with E-state index in [-0.39, 0.29) is 37.5 Å². The maximum Gasteiger partial charge on any atom is 0.224 e. The van der Waals surface area contributed by atoms with Crippen molar-refractivity contribution in [2.45, 2.75) is 38.3 Å². The van der Waals surface area contributed by atoms with Crippen LogP contribution < -0.4 is 10.6 Å². The van der Waals surface area contributed by atoms with Crippen LogP contribution >= 0.6 is 0 Å². The molecule has 0 saturated heterocycles. The van der Waals surface area contributed by atoms with Gasteiger partial charge in [0, 0.05) is 12.5 Å². The van der Waals surface area contributed by atoms with Gasteiger partial charge in [0.2, 0.25) is 11.8 Å². The van der Waals surface area contributed by atoms with E-state index in [1.807, 2.05) is 30.3 Å². The van der Waals surface area contributed by atoms with Gasteiger partial charge in [-0.2, -0.15) is 0 Å². The van der Waals surface area contributed by atoms with Crippen molar-refractivity contribution < 1.29 is 19.8 Å². The number of aliphatic hydroxyl groups excluding tert-OH is 2. The maximum atomic E-state index is 12.3. The zero-order valence-corrected chi connectivity index (χ0v) is 14.6. The molecule has 0 spiro atoms. The molecule has 0 bridgehead atoms. The molecule has 6 heteroatoms. The fourth-order valence-electron chi connectivity index (χ4n) is 2.46. The van der Waals surface area contributed by atoms with E-state index in [0.717, 1.165) is 5.56 Å². The molecule has 1 aromatic rings. The SMILES string of the molecule is C=CC[C@H](CC(=O)N[C@@H](CO)Cc1ccccc1)C(=O)N[C@@H](C)CO. The first-order chi connectivity index (χ1) is 12.0. The van der Waals surface area contributed by atoms with Crippen LogP contribution in [0.25, 0.3) is 0 Å². The zero-order chi connectivity index (χ0) is 18.7. The number of nitrogens with one attached hydrogen (secondary N) is 2. The van der Waals surface area contributed by atoms with E-state index in [1.165, 1.54) is 0 Å². The number of benzene rings is 1. The van der Waals surface area contributed by atoms with E-state index >= 15 is 0 Å². The monoisotopic (exact) mass is 348 g/mol. The Labute approximate surface area is 148 Å². The van der Waals surface area contributed by atoms with E-state index in [4.69, 9.17) is 5.11 Å². The predicted octanol–water partition coefficient (Wildman–Crippen LogP) is 0.786. The molecule has 0 aliphatic heterocycles. The van der Waals surface area contributed by atoms with E-state index in [0.29, 0.717) is 12.8 Å². The van der Waals surface area contributed by atoms with Crippen LogP contribution in [0, 0.1) is 5.92 Å². The third kappa shape index (κ3) is 7.96. The van der Waals surface area contributed by atoms with Gasteiger partial charge in [-0.25, -0.2) is 0 Å². The molecular weight excluding hydrogens is 320 g/mol. The van der Waals surface area contributed by atoms with Crippen LogP contribution in [0.2, 0.25) is 0 Å². The second kappa shape index (κ2) is 11.4. The first kappa shape index (κ1) is 20.9. The lowest BCUT2D eigenvalue weighted by Crippen LogP contribution is -2.43. The normalized spacial score (nSPS) is 14.2. The summed E-state index contributed by atoms with van der Waals surface area (Å²) in [7, 11) is 0. The second-order valence-corrected chi connectivity index (χ2v) is 6.15. The smallest absolute Gasteiger partial charge is 0.224 e. The average molecular weight is 348 g/mol. The summed E-state index contributed by atoms with van der Waals surface area (Å²) in [5.74, 6) is -1.14. The molecule has 3 atom stereocenters. The van der Waals surface area contributed by atoms with E-state index in [1.54, 1.807) is 13.0 Å². The molecule has 0 unspecified atom stereocenters. The minimum atomic E-state index is -0.553. The fourth-order valence-corrected chi connectivity index (χ4v) is 2.46. The number of allylic oxidation sites excluding steroid dienone is 1. The summed E-state index contributed by atoms with van der Waals surface area (Å²) in [6, 6.07) is 8.79. The molecule has 4 N–H and O–H groups in total. The summed E-state index contributed by atoms with van der Waals surface area (Å²) in [4.78, 5) is 24.4. The molecule has 1 aromatic carbocycles. The van der Waals surface area contributed by atoms with Gasteiger partial charge in [-0.05, 0) is 25.3 Å². The molecule has 0 radical (unpaired) electrons. The van der Waals surface area contributed by atoms with Gasteiger partial charge in [-0.1, -0.05) is 36.4 Å². The maximum absolute atomic E-state index is 12.3. The van der Waals surface area contributed by atoms with E-state index in [9.17, 15) is 14.7 Å². The third-order valence-electron chi connectivity index (χ3n) is 3.83. The Balaban J connectivity index is 2.59. The number of carbonyl (C=O) groups is 2. The molecule has 2 amide bonds. The van der Waals surface area contributed by atoms with Crippen molar-refractivity contribution in [3.8, 4) is 0 Å². The van der Waals surface area contributed by atoms with Gasteiger partial charge in [0.25, 0.3) is 0 Å². The molecule has 0 aromatic heterocycles. The highest BCUT2D eigenvalue weighted by Gasteiger charge is 2.23. The molecule has 0 fully saturated rings. The first-order valence-corrected chi connectivity index (χ1v) is 8.46. The van der Waals surface area contributed by atoms with Crippen molar-refractivity contribution in [3.05, 3.63) is 48.6 Å². The summed E-state index contributed by atoms with van der Waals surface area (Å²) >= 11 is 0. The van der Waals surface area contributed by atoms with Gasteiger partial charge >= 0.3 is 0 Å². The summed E-state index contributed by atoms with van der Waals surface area (Å²) in [5.41, 5.74) is 1.01. The van der Waals surface area contributed by atoms with Crippen molar-refractivity contribution in [1.82, 2.24) is 10.6 Å². The Morgan fingerprint density at radius 1 is 1.16 bits per heavy atom. The second-order valence-electron chi connectivity index (χ2n) is 6.15. The molecule has 0 aliphatic carbocycles. The molecule has 1 rings (SSSR count). The number of carbonyl (C=O) groups excluding carboxylic acids is 2. The Kier molecular flexibility index (Phi) is 9.50. The topological polar surface area (TPSA) is 98.7 Å². The average Bonchev–Trinajstić information content (AvgIpc) is 2.61. The molecule has 0 saturated carbocycles. The van der Waals surface area contributed by atoms with Crippen molar-refractivity contribution >= 4 is 11.8 Å². The van der Waals surface area contributed by atoms with Gasteiger partial charge in [-0.15, -0.1) is 6.58 Å². The Bertz CT molecular complexity index is 548. The summed E-state index contributed by atoms with van der Waals surface area (Å²) in [5, 5.41) is 24.0. The third-order valence-corrected chi connectivity index (χ3v) is 3.83. The van der Waals surface area contributed by atoms with Crippen LogP contribution in [0.3, 0.4) is 0 Å². The summed E-state index contributed by atoms with van der Waals surface area (Å²) in [6.45, 7) is 4.96. The van der Waals surface area contributed by atoms with Gasteiger partial charge < -0.3 is 20.8 Å². The quantitative estimate of drug-likeness (QED) is 0.444. The molecular formula is C19H28N2O4. The lowest BCUT2D eigenvalue weighted by Gasteiger charge is -2.20. The molecule has 138 valence electrons. The van der Waals surface area contributed by atoms with Crippen molar-refractivity contribution in [2.75, 3.05) is 13.2 Å². The standard InChI is InChI=1S/C19H28N2O4/c1-3-7-16(19(25)20-14(2)12-22)11-18(24)21-17(13-23)10-15-8-5-4-6-9-15/h3-6,8-9,14,16-17,22-23H,1,7,10-13H2,2H3,(H,20,25)(H,21,24)/t14-,16+,17+/m0/s1. The van der Waals surface area contributed by atoms with Crippen LogP contribution in [-0.2, 0) is 16.0 Å². The minimum absolute atomic E-state index is 0.00128. The van der Waals surface area contributed by atoms with Crippen LogP contribution in [0.15, 0.2) is 43.0 Å². The Hall–Kier alpha value is -2.18. The van der Waals surface area contributed by atoms with E-state index in [2.05, 4.69) is 17.2 Å². The van der Waals surface area contributed by atoms with Crippen LogP contribution in [0.4, 0.5) is 0 Å². The number of aliphatic hydroxyl groups is 2. The van der Waals surface area contributed by atoms with Gasteiger partial charge in [0.15, 0.2) is 0 Å². The highest BCUT2D eigenvalue weighted by atomic mass is 16.3. The Morgan fingerprint density at radius 2 is 1.84 bits per heavy atom. The van der Waals surface area contributed by atoms with E-state index < -0.39 is 12.0 Å². The van der Waals surface area contributed by atoms with Crippen LogP contribution in [-0.4, -0.2) is 47.3 Å². The zero-order valence-electron chi connectivity index (χ0n) is 14.6. The summed E-state index contributed by atoms with van der Waals surface area (Å²) < 4.78 is 0. The number of amides is 2. The van der Waals surface area contributed by atoms with Crippen molar-refractivity contribution in [2.24, 2.45) is 5.92 Å². The molecule has 6 nitrogen and oxygen atoms in total. The van der Waals surface area contributed by atoms with Crippen molar-refractivity contribution in [1.29, 1.82) is 0 Å². The lowest BCUT2D eigenvalue weighted by atomic mass is 9.98. The van der Waals surface area contributed by atoms with Gasteiger partial charge in [0.05, 0.1) is 25.2 Å². The predicted molar refractivity (Wildman–Crippen MR) is 96.8 cm³/mol. The highest BCUT2D eigenvalue weighted by Crippen LogP contribution is 2.11. The van der Waals surface area contributed by atoms with Gasteiger partial charge in [0.1, 0.15) is 0 Å². The largest absolute Gasteiger partial charge is 0.394 e. The highest BCUT2D eigenvalue weighted by molar-refractivity contribution is 5.86. The number of hydrogen-bond acceptors (Lipinski definition) is 4. The van der Waals surface area contributed by atoms with Crippen LogP contribution in [0.5, 0.6) is 0 Å². The minimum Gasteiger partial charge on any atom is -0.394 e. The fraction of sp³-hybridized carbons (Fsp3) is 0.474. The molecule has 25 heavy (non-hydrogen) atoms. The molecule has 0 heterocycles. The van der Waals surface area contributed by atoms with Gasteiger partial charge in [-0.3, -0.25) is 9.59 Å². The molecule has 0 aliphatic rings. The van der Waals surface area contributed by atoms with Crippen LogP contribution in [0.1, 0.15) is 25.3 Å². The summed E-state index contributed by atoms with van der Waals surface area (Å²) in [6.07, 6.45) is 2.47.